The Balaban J connectivity index is 2.22. The van der Waals surface area contributed by atoms with E-state index in [1.165, 1.54) is 12.1 Å². The summed E-state index contributed by atoms with van der Waals surface area (Å²) in [6.45, 7) is 2.04. The van der Waals surface area contributed by atoms with Crippen LogP contribution in [0.5, 0.6) is 0 Å². The molecule has 1 aliphatic rings. The van der Waals surface area contributed by atoms with Crippen molar-refractivity contribution in [1.29, 1.82) is 0 Å². The number of likely N-dealkylation sites (N-methyl/N-ethyl adjacent to an activating group) is 1. The third-order valence-electron chi connectivity index (χ3n) is 3.18. The van der Waals surface area contributed by atoms with Gasteiger partial charge in [0.15, 0.2) is 0 Å². The molecule has 1 amide bonds. The lowest BCUT2D eigenvalue weighted by Gasteiger charge is -2.36. The molecule has 102 valence electrons. The lowest BCUT2D eigenvalue weighted by atomic mass is 10.1. The number of carbonyl (C=O) groups excluding carboxylic acids is 1. The highest BCUT2D eigenvalue weighted by Crippen LogP contribution is 2.22. The molecule has 7 heteroatoms. The average Bonchev–Trinajstić information content (AvgIpc) is 2.46. The van der Waals surface area contributed by atoms with Crippen molar-refractivity contribution in [2.75, 3.05) is 31.6 Å². The molecule has 0 spiro atoms. The molecule has 1 aromatic rings. The molecule has 2 rings (SSSR count). The number of carbonyl (C=O) groups is 1. The number of hydrogen-bond acceptors (Lipinski definition) is 5. The fourth-order valence-electron chi connectivity index (χ4n) is 2.18. The number of nitrogens with one attached hydrogen (secondary N) is 2. The molecule has 2 N–H and O–H groups in total. The molecule has 0 bridgehead atoms. The van der Waals surface area contributed by atoms with Crippen LogP contribution < -0.4 is 15.5 Å². The smallest absolute Gasteiger partial charge is 0.269 e. The molecule has 1 unspecified atom stereocenters. The number of nitro groups is 1. The first kappa shape index (κ1) is 13.3. The molecule has 1 heterocycles. The van der Waals surface area contributed by atoms with E-state index >= 15 is 0 Å². The second kappa shape index (κ2) is 5.66. The molecule has 1 fully saturated rings. The van der Waals surface area contributed by atoms with Gasteiger partial charge in [-0.2, -0.15) is 0 Å². The van der Waals surface area contributed by atoms with Gasteiger partial charge in [-0.25, -0.2) is 0 Å². The molecule has 1 aromatic carbocycles. The van der Waals surface area contributed by atoms with Crippen LogP contribution >= 0.6 is 0 Å². The zero-order valence-corrected chi connectivity index (χ0v) is 10.6. The highest BCUT2D eigenvalue weighted by atomic mass is 16.6. The quantitative estimate of drug-likeness (QED) is 0.598. The van der Waals surface area contributed by atoms with Gasteiger partial charge in [0.2, 0.25) is 5.91 Å². The Morgan fingerprint density at radius 2 is 2.16 bits per heavy atom. The molecule has 0 saturated carbocycles. The summed E-state index contributed by atoms with van der Waals surface area (Å²) in [5.41, 5.74) is 0.871. The van der Waals surface area contributed by atoms with Gasteiger partial charge in [-0.3, -0.25) is 14.9 Å². The molecule has 1 saturated heterocycles. The fourth-order valence-corrected chi connectivity index (χ4v) is 2.18. The van der Waals surface area contributed by atoms with E-state index in [1.54, 1.807) is 19.2 Å². The Morgan fingerprint density at radius 3 is 2.74 bits per heavy atom. The first-order valence-electron chi connectivity index (χ1n) is 6.07. The summed E-state index contributed by atoms with van der Waals surface area (Å²) in [6, 6.07) is 5.98. The van der Waals surface area contributed by atoms with Gasteiger partial charge in [-0.15, -0.1) is 0 Å². The Hall–Kier alpha value is -2.15. The molecule has 1 atom stereocenters. The largest absolute Gasteiger partial charge is 0.357 e. The van der Waals surface area contributed by atoms with Crippen LogP contribution in [0.4, 0.5) is 11.4 Å². The van der Waals surface area contributed by atoms with Gasteiger partial charge < -0.3 is 15.5 Å². The van der Waals surface area contributed by atoms with Crippen LogP contribution in [-0.2, 0) is 4.79 Å². The molecular weight excluding hydrogens is 248 g/mol. The van der Waals surface area contributed by atoms with Crippen LogP contribution in [0.25, 0.3) is 0 Å². The zero-order valence-electron chi connectivity index (χ0n) is 10.6. The minimum Gasteiger partial charge on any atom is -0.357 e. The third-order valence-corrected chi connectivity index (χ3v) is 3.18. The Bertz CT molecular complexity index is 474. The van der Waals surface area contributed by atoms with Crippen molar-refractivity contribution in [2.45, 2.75) is 6.04 Å². The topological polar surface area (TPSA) is 87.5 Å². The average molecular weight is 264 g/mol. The monoisotopic (exact) mass is 264 g/mol. The third kappa shape index (κ3) is 2.82. The molecule has 0 radical (unpaired) electrons. The van der Waals surface area contributed by atoms with Crippen molar-refractivity contribution in [3.63, 3.8) is 0 Å². The minimum absolute atomic E-state index is 0.0513. The molecule has 0 aromatic heterocycles. The summed E-state index contributed by atoms with van der Waals surface area (Å²) in [5, 5.41) is 16.4. The van der Waals surface area contributed by atoms with Crippen molar-refractivity contribution >= 4 is 17.3 Å². The van der Waals surface area contributed by atoms with Gasteiger partial charge >= 0.3 is 0 Å². The van der Waals surface area contributed by atoms with Crippen molar-refractivity contribution in [3.8, 4) is 0 Å². The number of anilines is 1. The van der Waals surface area contributed by atoms with Crippen LogP contribution in [0.15, 0.2) is 24.3 Å². The highest BCUT2D eigenvalue weighted by molar-refractivity contribution is 5.85. The summed E-state index contributed by atoms with van der Waals surface area (Å²) in [7, 11) is 1.60. The number of nitro benzene ring substituents is 1. The second-order valence-corrected chi connectivity index (χ2v) is 4.30. The van der Waals surface area contributed by atoms with Gasteiger partial charge in [-0.1, -0.05) is 0 Å². The molecule has 1 aliphatic heterocycles. The van der Waals surface area contributed by atoms with E-state index in [0.717, 1.165) is 12.2 Å². The minimum atomic E-state index is -0.433. The highest BCUT2D eigenvalue weighted by Gasteiger charge is 2.28. The van der Waals surface area contributed by atoms with E-state index in [2.05, 4.69) is 10.6 Å². The SMILES string of the molecule is CNC(=O)C1CNCCN1c1ccc([N+](=O)[O-])cc1. The fraction of sp³-hybridized carbons (Fsp3) is 0.417. The Labute approximate surface area is 110 Å². The number of piperazine rings is 1. The van der Waals surface area contributed by atoms with Gasteiger partial charge in [0.25, 0.3) is 5.69 Å². The van der Waals surface area contributed by atoms with E-state index < -0.39 is 4.92 Å². The number of benzene rings is 1. The summed E-state index contributed by atoms with van der Waals surface area (Å²) in [5.74, 6) is -0.0643. The lowest BCUT2D eigenvalue weighted by Crippen LogP contribution is -2.57. The number of nitrogens with zero attached hydrogens (tertiary/aromatic N) is 2. The summed E-state index contributed by atoms with van der Waals surface area (Å²) in [4.78, 5) is 24.0. The number of amides is 1. The lowest BCUT2D eigenvalue weighted by molar-refractivity contribution is -0.384. The van der Waals surface area contributed by atoms with Gasteiger partial charge in [0.05, 0.1) is 4.92 Å². The molecule has 7 nitrogen and oxygen atoms in total. The second-order valence-electron chi connectivity index (χ2n) is 4.30. The van der Waals surface area contributed by atoms with Crippen LogP contribution in [0.1, 0.15) is 0 Å². The van der Waals surface area contributed by atoms with E-state index in [4.69, 9.17) is 0 Å². The molecule has 0 aliphatic carbocycles. The van der Waals surface area contributed by atoms with Crippen molar-refractivity contribution in [2.24, 2.45) is 0 Å². The molecule has 19 heavy (non-hydrogen) atoms. The van der Waals surface area contributed by atoms with Crippen LogP contribution in [-0.4, -0.2) is 43.6 Å². The maximum absolute atomic E-state index is 11.8. The van der Waals surface area contributed by atoms with Gasteiger partial charge in [0.1, 0.15) is 6.04 Å². The zero-order chi connectivity index (χ0) is 13.8. The van der Waals surface area contributed by atoms with Crippen LogP contribution in [0, 0.1) is 10.1 Å². The first-order chi connectivity index (χ1) is 9.13. The summed E-state index contributed by atoms with van der Waals surface area (Å²) >= 11 is 0. The van der Waals surface area contributed by atoms with E-state index in [-0.39, 0.29) is 17.6 Å². The Kier molecular flexibility index (Phi) is 3.96. The van der Waals surface area contributed by atoms with Gasteiger partial charge in [0, 0.05) is 44.5 Å². The maximum Gasteiger partial charge on any atom is 0.269 e. The predicted octanol–water partition coefficient (Wildman–Crippen LogP) is 0.119. The number of hydrogen-bond donors (Lipinski definition) is 2. The summed E-state index contributed by atoms with van der Waals surface area (Å²) < 4.78 is 0. The standard InChI is InChI=1S/C12H16N4O3/c1-13-12(17)11-8-14-6-7-15(11)9-2-4-10(5-3-9)16(18)19/h2-5,11,14H,6-8H2,1H3,(H,13,17). The summed E-state index contributed by atoms with van der Waals surface area (Å²) in [6.07, 6.45) is 0. The normalized spacial score (nSPS) is 19.0. The number of rotatable bonds is 3. The van der Waals surface area contributed by atoms with Crippen LogP contribution in [0.3, 0.4) is 0 Å². The van der Waals surface area contributed by atoms with E-state index in [1.807, 2.05) is 4.90 Å². The Morgan fingerprint density at radius 1 is 1.47 bits per heavy atom. The molecular formula is C12H16N4O3. The maximum atomic E-state index is 11.8. The van der Waals surface area contributed by atoms with Crippen molar-refractivity contribution < 1.29 is 9.72 Å². The van der Waals surface area contributed by atoms with Crippen LogP contribution in [0.2, 0.25) is 0 Å². The van der Waals surface area contributed by atoms with E-state index in [9.17, 15) is 14.9 Å². The van der Waals surface area contributed by atoms with Crippen molar-refractivity contribution in [3.05, 3.63) is 34.4 Å². The van der Waals surface area contributed by atoms with Crippen molar-refractivity contribution in [1.82, 2.24) is 10.6 Å². The first-order valence-corrected chi connectivity index (χ1v) is 6.07. The van der Waals surface area contributed by atoms with E-state index in [0.29, 0.717) is 13.1 Å². The number of non-ortho nitro benzene ring substituents is 1. The van der Waals surface area contributed by atoms with Gasteiger partial charge in [-0.05, 0) is 12.1 Å². The predicted molar refractivity (Wildman–Crippen MR) is 71.2 cm³/mol.